The summed E-state index contributed by atoms with van der Waals surface area (Å²) in [5.74, 6) is 0.357. The lowest BCUT2D eigenvalue weighted by molar-refractivity contribution is -0.141. The molecule has 1 heterocycles. The van der Waals surface area contributed by atoms with Crippen molar-refractivity contribution in [1.82, 2.24) is 0 Å². The van der Waals surface area contributed by atoms with Gasteiger partial charge in [-0.2, -0.15) is 0 Å². The zero-order chi connectivity index (χ0) is 28.1. The number of aliphatic hydroxyl groups is 1. The van der Waals surface area contributed by atoms with Crippen molar-refractivity contribution in [3.63, 3.8) is 0 Å². The molecule has 38 heavy (non-hydrogen) atoms. The van der Waals surface area contributed by atoms with Crippen LogP contribution in [0.2, 0.25) is 0 Å². The molecule has 210 valence electrons. The minimum Gasteiger partial charge on any atom is -0.491 e. The number of hydrogen-bond donors (Lipinski definition) is 1. The van der Waals surface area contributed by atoms with Crippen molar-refractivity contribution in [2.24, 2.45) is 0 Å². The Labute approximate surface area is 231 Å². The maximum atomic E-state index is 11.0. The molecule has 0 bridgehead atoms. The average Bonchev–Trinajstić information content (AvgIpc) is 3.26. The first-order chi connectivity index (χ1) is 18.0. The molecule has 0 aromatic heterocycles. The molecule has 0 spiro atoms. The van der Waals surface area contributed by atoms with Crippen LogP contribution in [0.1, 0.15) is 108 Å². The summed E-state index contributed by atoms with van der Waals surface area (Å²) in [6.07, 6.45) is 6.38. The van der Waals surface area contributed by atoms with Crippen LogP contribution in [0.4, 0.5) is 0 Å². The van der Waals surface area contributed by atoms with Crippen molar-refractivity contribution in [3.05, 3.63) is 70.3 Å². The summed E-state index contributed by atoms with van der Waals surface area (Å²) in [6.45, 7) is 20.1. The van der Waals surface area contributed by atoms with Crippen molar-refractivity contribution < 1.29 is 19.3 Å². The van der Waals surface area contributed by atoms with Crippen LogP contribution in [-0.2, 0) is 14.9 Å². The van der Waals surface area contributed by atoms with Gasteiger partial charge in [0, 0.05) is 5.41 Å². The summed E-state index contributed by atoms with van der Waals surface area (Å²) >= 11 is 0. The van der Waals surface area contributed by atoms with Crippen LogP contribution in [0.3, 0.4) is 0 Å². The number of aryl methyl sites for hydroxylation is 2. The highest BCUT2D eigenvalue weighted by atomic mass is 16.7. The lowest BCUT2D eigenvalue weighted by atomic mass is 9.69. The van der Waals surface area contributed by atoms with Gasteiger partial charge in [0.05, 0.1) is 12.2 Å². The molecular weight excluding hydrogens is 472 g/mol. The third-order valence-corrected chi connectivity index (χ3v) is 8.60. The van der Waals surface area contributed by atoms with Gasteiger partial charge in [0.1, 0.15) is 18.5 Å². The third kappa shape index (κ3) is 6.52. The van der Waals surface area contributed by atoms with Crippen LogP contribution in [0.15, 0.2) is 42.5 Å². The molecule has 3 rings (SSSR count). The van der Waals surface area contributed by atoms with E-state index in [2.05, 4.69) is 90.9 Å². The van der Waals surface area contributed by atoms with E-state index in [-0.39, 0.29) is 11.5 Å². The van der Waals surface area contributed by atoms with Gasteiger partial charge < -0.3 is 19.3 Å². The second kappa shape index (κ2) is 12.4. The Morgan fingerprint density at radius 3 is 2.03 bits per heavy atom. The van der Waals surface area contributed by atoms with Gasteiger partial charge in [-0.1, -0.05) is 65.0 Å². The fraction of sp³-hybridized carbons (Fsp3) is 0.588. The Morgan fingerprint density at radius 1 is 0.947 bits per heavy atom. The summed E-state index contributed by atoms with van der Waals surface area (Å²) in [7, 11) is 0. The van der Waals surface area contributed by atoms with Crippen LogP contribution in [0.5, 0.6) is 5.75 Å². The normalized spacial score (nSPS) is 18.2. The maximum absolute atomic E-state index is 11.0. The van der Waals surface area contributed by atoms with Crippen molar-refractivity contribution in [2.75, 3.05) is 13.2 Å². The highest BCUT2D eigenvalue weighted by Crippen LogP contribution is 2.42. The number of hydrogen-bond acceptors (Lipinski definition) is 4. The van der Waals surface area contributed by atoms with Crippen LogP contribution in [0, 0.1) is 13.8 Å². The summed E-state index contributed by atoms with van der Waals surface area (Å²) in [4.78, 5) is 0. The summed E-state index contributed by atoms with van der Waals surface area (Å²) in [5.41, 5.74) is 6.68. The predicted molar refractivity (Wildman–Crippen MR) is 158 cm³/mol. The number of rotatable bonds is 12. The Kier molecular flexibility index (Phi) is 9.89. The minimum absolute atomic E-state index is 0.0522. The van der Waals surface area contributed by atoms with Crippen molar-refractivity contribution in [3.8, 4) is 5.75 Å². The van der Waals surface area contributed by atoms with E-state index in [1.807, 2.05) is 13.8 Å². The topological polar surface area (TPSA) is 47.9 Å². The molecule has 4 heteroatoms. The predicted octanol–water partition coefficient (Wildman–Crippen LogP) is 8.28. The molecule has 4 nitrogen and oxygen atoms in total. The second-order valence-electron chi connectivity index (χ2n) is 11.4. The average molecular weight is 523 g/mol. The fourth-order valence-corrected chi connectivity index (χ4v) is 5.84. The van der Waals surface area contributed by atoms with Crippen LogP contribution in [-0.4, -0.2) is 35.8 Å². The van der Waals surface area contributed by atoms with Gasteiger partial charge >= 0.3 is 0 Å². The van der Waals surface area contributed by atoms with Gasteiger partial charge in [-0.15, -0.1) is 0 Å². The first kappa shape index (κ1) is 30.4. The van der Waals surface area contributed by atoms with E-state index in [1.165, 1.54) is 27.8 Å². The Morgan fingerprint density at radius 2 is 1.55 bits per heavy atom. The van der Waals surface area contributed by atoms with Crippen LogP contribution >= 0.6 is 0 Å². The van der Waals surface area contributed by atoms with E-state index in [1.54, 1.807) is 0 Å². The molecule has 1 aliphatic rings. The summed E-state index contributed by atoms with van der Waals surface area (Å²) < 4.78 is 17.7. The molecule has 1 saturated heterocycles. The molecule has 0 saturated carbocycles. The molecule has 0 aliphatic carbocycles. The lowest BCUT2D eigenvalue weighted by Crippen LogP contribution is -2.27. The number of allylic oxidation sites excluding steroid dienone is 1. The largest absolute Gasteiger partial charge is 0.491 e. The van der Waals surface area contributed by atoms with Gasteiger partial charge in [0.2, 0.25) is 0 Å². The smallest absolute Gasteiger partial charge is 0.163 e. The van der Waals surface area contributed by atoms with E-state index >= 15 is 0 Å². The zero-order valence-corrected chi connectivity index (χ0v) is 25.2. The first-order valence-electron chi connectivity index (χ1n) is 14.6. The van der Waals surface area contributed by atoms with E-state index in [0.717, 1.165) is 43.4 Å². The molecule has 0 radical (unpaired) electrons. The van der Waals surface area contributed by atoms with E-state index in [9.17, 15) is 5.11 Å². The molecule has 1 atom stereocenters. The zero-order valence-electron chi connectivity index (χ0n) is 25.2. The Balaban J connectivity index is 1.90. The SMILES string of the molecule is CCC(=CC(O)(CC)CC)c1ccc(C(CC)(CC)c2ccc(OC[C@@H]3COC(C)(C)O3)c(C)c2)cc1C. The van der Waals surface area contributed by atoms with E-state index in [0.29, 0.717) is 13.2 Å². The Bertz CT molecular complexity index is 1110. The van der Waals surface area contributed by atoms with Gasteiger partial charge in [-0.25, -0.2) is 0 Å². The highest BCUT2D eigenvalue weighted by molar-refractivity contribution is 5.69. The van der Waals surface area contributed by atoms with Crippen molar-refractivity contribution in [2.45, 2.75) is 117 Å². The van der Waals surface area contributed by atoms with E-state index < -0.39 is 11.4 Å². The van der Waals surface area contributed by atoms with Crippen molar-refractivity contribution in [1.29, 1.82) is 0 Å². The van der Waals surface area contributed by atoms with Crippen LogP contribution in [0.25, 0.3) is 5.57 Å². The maximum Gasteiger partial charge on any atom is 0.163 e. The third-order valence-electron chi connectivity index (χ3n) is 8.60. The van der Waals surface area contributed by atoms with E-state index in [4.69, 9.17) is 14.2 Å². The molecule has 2 aromatic carbocycles. The highest BCUT2D eigenvalue weighted by Gasteiger charge is 2.34. The van der Waals surface area contributed by atoms with Gasteiger partial charge in [0.25, 0.3) is 0 Å². The molecule has 0 unspecified atom stereocenters. The first-order valence-corrected chi connectivity index (χ1v) is 14.6. The molecule has 0 amide bonds. The molecular formula is C34H50O4. The monoisotopic (exact) mass is 522 g/mol. The Hall–Kier alpha value is -2.14. The van der Waals surface area contributed by atoms with Crippen molar-refractivity contribution >= 4 is 5.57 Å². The molecule has 1 aliphatic heterocycles. The molecule has 1 N–H and O–H groups in total. The van der Waals surface area contributed by atoms with Gasteiger partial charge in [-0.05, 0) is 105 Å². The molecule has 1 fully saturated rings. The minimum atomic E-state index is -0.749. The standard InChI is InChI=1S/C34H50O4/c1-10-26(21-33(35,11-2)12-3)30-17-15-27(19-24(30)6)34(13-4,14-5)28-16-18-31(25(7)20-28)36-22-29-23-37-32(8,9)38-29/h15-21,29,35H,10-14,22-23H2,1-9H3/t29-/m1/s1. The molecule has 2 aromatic rings. The van der Waals surface area contributed by atoms with Gasteiger partial charge in [0.15, 0.2) is 5.79 Å². The number of ether oxygens (including phenoxy) is 3. The summed E-state index contributed by atoms with van der Waals surface area (Å²) in [6, 6.07) is 13.6. The fourth-order valence-electron chi connectivity index (χ4n) is 5.84. The number of benzene rings is 2. The van der Waals surface area contributed by atoms with Gasteiger partial charge in [-0.3, -0.25) is 0 Å². The second-order valence-corrected chi connectivity index (χ2v) is 11.4. The summed E-state index contributed by atoms with van der Waals surface area (Å²) in [5, 5.41) is 11.0. The lowest BCUT2D eigenvalue weighted by Gasteiger charge is -2.34. The van der Waals surface area contributed by atoms with Crippen LogP contribution < -0.4 is 4.74 Å². The quantitative estimate of drug-likeness (QED) is 0.305.